The Morgan fingerprint density at radius 2 is 1.95 bits per heavy atom. The minimum Gasteiger partial charge on any atom is -0.504 e. The molecule has 0 fully saturated rings. The summed E-state index contributed by atoms with van der Waals surface area (Å²) >= 11 is 0. The van der Waals surface area contributed by atoms with Crippen molar-refractivity contribution in [2.24, 2.45) is 7.05 Å². The summed E-state index contributed by atoms with van der Waals surface area (Å²) in [5.41, 5.74) is 4.07. The first-order chi connectivity index (χ1) is 9.60. The normalized spacial score (nSPS) is 10.9. The molecule has 0 unspecified atom stereocenters. The summed E-state index contributed by atoms with van der Waals surface area (Å²) < 4.78 is 7.09. The molecule has 0 amide bonds. The largest absolute Gasteiger partial charge is 0.504 e. The lowest BCUT2D eigenvalue weighted by atomic mass is 10.2. The van der Waals surface area contributed by atoms with Gasteiger partial charge in [0.1, 0.15) is 5.82 Å². The van der Waals surface area contributed by atoms with Crippen molar-refractivity contribution in [3.8, 4) is 22.9 Å². The first-order valence-corrected chi connectivity index (χ1v) is 6.40. The van der Waals surface area contributed by atoms with Crippen molar-refractivity contribution < 1.29 is 9.84 Å². The first kappa shape index (κ1) is 12.5. The number of aromatic nitrogens is 2. The van der Waals surface area contributed by atoms with E-state index in [2.05, 4.69) is 23.2 Å². The summed E-state index contributed by atoms with van der Waals surface area (Å²) in [6, 6.07) is 11.5. The smallest absolute Gasteiger partial charge is 0.160 e. The molecule has 1 heterocycles. The number of nitrogens with zero attached hydrogens (tertiary/aromatic N) is 2. The van der Waals surface area contributed by atoms with E-state index in [1.807, 2.05) is 24.6 Å². The molecular weight excluding hydrogens is 252 g/mol. The van der Waals surface area contributed by atoms with E-state index in [0.29, 0.717) is 5.75 Å². The number of imidazole rings is 1. The van der Waals surface area contributed by atoms with Crippen molar-refractivity contribution in [1.82, 2.24) is 9.55 Å². The molecule has 0 saturated heterocycles. The standard InChI is InChI=1S/C16H16N2O2/c1-10-4-6-13-12(8-10)17-16(18(13)2)11-5-7-15(20-3)14(19)9-11/h4-9,19H,1-3H3. The van der Waals surface area contributed by atoms with Crippen LogP contribution in [0, 0.1) is 6.92 Å². The Bertz CT molecular complexity index is 791. The van der Waals surface area contributed by atoms with E-state index in [1.165, 1.54) is 12.7 Å². The summed E-state index contributed by atoms with van der Waals surface area (Å²) in [5.74, 6) is 1.40. The average Bonchev–Trinajstić information content (AvgIpc) is 2.75. The van der Waals surface area contributed by atoms with Crippen molar-refractivity contribution in [2.45, 2.75) is 6.92 Å². The second-order valence-corrected chi connectivity index (χ2v) is 4.87. The molecule has 0 aliphatic carbocycles. The molecule has 0 aliphatic rings. The highest BCUT2D eigenvalue weighted by Gasteiger charge is 2.12. The number of benzene rings is 2. The van der Waals surface area contributed by atoms with Gasteiger partial charge < -0.3 is 14.4 Å². The predicted molar refractivity (Wildman–Crippen MR) is 79.1 cm³/mol. The van der Waals surface area contributed by atoms with Gasteiger partial charge in [0.2, 0.25) is 0 Å². The van der Waals surface area contributed by atoms with Crippen LogP contribution in [-0.2, 0) is 7.05 Å². The molecule has 4 heteroatoms. The van der Waals surface area contributed by atoms with Crippen molar-refractivity contribution in [1.29, 1.82) is 0 Å². The molecule has 0 aliphatic heterocycles. The highest BCUT2D eigenvalue weighted by atomic mass is 16.5. The number of aryl methyl sites for hydroxylation is 2. The van der Waals surface area contributed by atoms with Gasteiger partial charge in [-0.2, -0.15) is 0 Å². The number of hydrogen-bond donors (Lipinski definition) is 1. The van der Waals surface area contributed by atoms with Gasteiger partial charge in [-0.15, -0.1) is 0 Å². The zero-order valence-corrected chi connectivity index (χ0v) is 11.7. The molecule has 0 atom stereocenters. The van der Waals surface area contributed by atoms with Gasteiger partial charge >= 0.3 is 0 Å². The van der Waals surface area contributed by atoms with Gasteiger partial charge in [0.25, 0.3) is 0 Å². The van der Waals surface area contributed by atoms with Gasteiger partial charge in [0.05, 0.1) is 18.1 Å². The lowest BCUT2D eigenvalue weighted by Crippen LogP contribution is -1.93. The number of aromatic hydroxyl groups is 1. The van der Waals surface area contributed by atoms with Gasteiger partial charge in [0, 0.05) is 12.6 Å². The quantitative estimate of drug-likeness (QED) is 0.776. The molecule has 4 nitrogen and oxygen atoms in total. The van der Waals surface area contributed by atoms with E-state index in [9.17, 15) is 5.11 Å². The summed E-state index contributed by atoms with van der Waals surface area (Å²) in [6.07, 6.45) is 0. The maximum Gasteiger partial charge on any atom is 0.160 e. The van der Waals surface area contributed by atoms with Crippen LogP contribution < -0.4 is 4.74 Å². The highest BCUT2D eigenvalue weighted by molar-refractivity contribution is 5.81. The number of ether oxygens (including phenoxy) is 1. The number of phenols is 1. The second kappa shape index (κ2) is 4.56. The number of hydrogen-bond acceptors (Lipinski definition) is 3. The monoisotopic (exact) mass is 268 g/mol. The summed E-state index contributed by atoms with van der Waals surface area (Å²) in [6.45, 7) is 2.05. The first-order valence-electron chi connectivity index (χ1n) is 6.40. The molecule has 0 spiro atoms. The zero-order chi connectivity index (χ0) is 14.3. The molecule has 1 aromatic heterocycles. The van der Waals surface area contributed by atoms with E-state index in [4.69, 9.17) is 4.74 Å². The molecule has 3 rings (SSSR count). The fraction of sp³-hybridized carbons (Fsp3) is 0.188. The van der Waals surface area contributed by atoms with Crippen LogP contribution in [0.2, 0.25) is 0 Å². The molecule has 0 radical (unpaired) electrons. The Balaban J connectivity index is 2.19. The second-order valence-electron chi connectivity index (χ2n) is 4.87. The summed E-state index contributed by atoms with van der Waals surface area (Å²) in [4.78, 5) is 4.65. The molecule has 102 valence electrons. The Morgan fingerprint density at radius 3 is 2.65 bits per heavy atom. The molecule has 0 bridgehead atoms. The van der Waals surface area contributed by atoms with Crippen molar-refractivity contribution >= 4 is 11.0 Å². The van der Waals surface area contributed by atoms with Crippen molar-refractivity contribution in [2.75, 3.05) is 7.11 Å². The van der Waals surface area contributed by atoms with Crippen molar-refractivity contribution in [3.05, 3.63) is 42.0 Å². The van der Waals surface area contributed by atoms with Crippen LogP contribution in [0.5, 0.6) is 11.5 Å². The lowest BCUT2D eigenvalue weighted by molar-refractivity contribution is 0.373. The predicted octanol–water partition coefficient (Wildman–Crippen LogP) is 3.26. The Kier molecular flexibility index (Phi) is 2.86. The summed E-state index contributed by atoms with van der Waals surface area (Å²) in [5, 5.41) is 9.90. The maximum absolute atomic E-state index is 9.90. The van der Waals surface area contributed by atoms with E-state index in [0.717, 1.165) is 22.4 Å². The minimum atomic E-state index is 0.119. The fourth-order valence-corrected chi connectivity index (χ4v) is 2.40. The van der Waals surface area contributed by atoms with Gasteiger partial charge in [-0.05, 0) is 42.8 Å². The lowest BCUT2D eigenvalue weighted by Gasteiger charge is -2.06. The molecule has 2 aromatic carbocycles. The van der Waals surface area contributed by atoms with E-state index < -0.39 is 0 Å². The molecule has 1 N–H and O–H groups in total. The van der Waals surface area contributed by atoms with E-state index in [-0.39, 0.29) is 5.75 Å². The van der Waals surface area contributed by atoms with Crippen LogP contribution in [-0.4, -0.2) is 21.8 Å². The molecular formula is C16H16N2O2. The van der Waals surface area contributed by atoms with Gasteiger partial charge in [-0.3, -0.25) is 0 Å². The highest BCUT2D eigenvalue weighted by Crippen LogP contribution is 2.32. The third-order valence-corrected chi connectivity index (χ3v) is 3.47. The molecule has 3 aromatic rings. The number of phenolic OH excluding ortho intramolecular Hbond substituents is 1. The van der Waals surface area contributed by atoms with Crippen LogP contribution in [0.1, 0.15) is 5.56 Å². The third-order valence-electron chi connectivity index (χ3n) is 3.47. The Labute approximate surface area is 117 Å². The van der Waals surface area contributed by atoms with Crippen LogP contribution in [0.3, 0.4) is 0 Å². The van der Waals surface area contributed by atoms with Crippen molar-refractivity contribution in [3.63, 3.8) is 0 Å². The average molecular weight is 268 g/mol. The fourth-order valence-electron chi connectivity index (χ4n) is 2.40. The third kappa shape index (κ3) is 1.90. The molecule has 0 saturated carbocycles. The van der Waals surface area contributed by atoms with Crippen LogP contribution >= 0.6 is 0 Å². The van der Waals surface area contributed by atoms with Gasteiger partial charge in [-0.25, -0.2) is 4.98 Å². The van der Waals surface area contributed by atoms with Gasteiger partial charge in [-0.1, -0.05) is 6.07 Å². The molecule has 20 heavy (non-hydrogen) atoms. The number of methoxy groups -OCH3 is 1. The van der Waals surface area contributed by atoms with Crippen LogP contribution in [0.4, 0.5) is 0 Å². The maximum atomic E-state index is 9.90. The van der Waals surface area contributed by atoms with E-state index in [1.54, 1.807) is 12.1 Å². The Morgan fingerprint density at radius 1 is 1.15 bits per heavy atom. The topological polar surface area (TPSA) is 47.3 Å². The van der Waals surface area contributed by atoms with Crippen LogP contribution in [0.25, 0.3) is 22.4 Å². The number of fused-ring (bicyclic) bond motifs is 1. The van der Waals surface area contributed by atoms with Crippen LogP contribution in [0.15, 0.2) is 36.4 Å². The zero-order valence-electron chi connectivity index (χ0n) is 11.7. The van der Waals surface area contributed by atoms with E-state index >= 15 is 0 Å². The number of rotatable bonds is 2. The Hall–Kier alpha value is -2.49. The minimum absolute atomic E-state index is 0.119. The SMILES string of the molecule is COc1ccc(-c2nc3cc(C)ccc3n2C)cc1O. The summed E-state index contributed by atoms with van der Waals surface area (Å²) in [7, 11) is 3.51. The van der Waals surface area contributed by atoms with Gasteiger partial charge in [0.15, 0.2) is 11.5 Å².